The predicted molar refractivity (Wildman–Crippen MR) is 70.4 cm³/mol. The number of anilines is 1. The van der Waals surface area contributed by atoms with E-state index in [1.165, 1.54) is 13.1 Å². The number of nitrogens with one attached hydrogen (secondary N) is 1. The molecule has 90 valence electrons. The van der Waals surface area contributed by atoms with Gasteiger partial charge in [0.25, 0.3) is 0 Å². The van der Waals surface area contributed by atoms with Crippen LogP contribution < -0.4 is 10.5 Å². The smallest absolute Gasteiger partial charge is 0.240 e. The van der Waals surface area contributed by atoms with Gasteiger partial charge in [0.15, 0.2) is 0 Å². The highest BCUT2D eigenvalue weighted by Crippen LogP contribution is 2.29. The van der Waals surface area contributed by atoms with Crippen molar-refractivity contribution in [3.05, 3.63) is 35.0 Å². The molecule has 0 amide bonds. The molecular formula is C11H12N2O2S2. The van der Waals surface area contributed by atoms with E-state index in [0.717, 1.165) is 11.1 Å². The van der Waals surface area contributed by atoms with Crippen molar-refractivity contribution in [3.63, 3.8) is 0 Å². The third-order valence-corrected chi connectivity index (χ3v) is 4.53. The Hall–Kier alpha value is -1.37. The molecule has 0 fully saturated rings. The van der Waals surface area contributed by atoms with E-state index >= 15 is 0 Å². The van der Waals surface area contributed by atoms with Crippen LogP contribution in [0.15, 0.2) is 39.9 Å². The third kappa shape index (κ3) is 2.33. The van der Waals surface area contributed by atoms with Crippen LogP contribution in [0.4, 0.5) is 5.69 Å². The molecule has 6 heteroatoms. The summed E-state index contributed by atoms with van der Waals surface area (Å²) in [5.41, 5.74) is 8.18. The lowest BCUT2D eigenvalue weighted by Gasteiger charge is -2.07. The molecule has 0 aliphatic carbocycles. The average molecular weight is 268 g/mol. The Balaban J connectivity index is 2.50. The number of nitrogens with two attached hydrogens (primary N) is 1. The molecule has 0 saturated carbocycles. The van der Waals surface area contributed by atoms with E-state index < -0.39 is 10.0 Å². The predicted octanol–water partition coefficient (Wildman–Crippen LogP) is 1.91. The van der Waals surface area contributed by atoms with Crippen LogP contribution in [-0.4, -0.2) is 15.5 Å². The van der Waals surface area contributed by atoms with Crippen molar-refractivity contribution in [2.24, 2.45) is 0 Å². The molecule has 1 aromatic heterocycles. The summed E-state index contributed by atoms with van der Waals surface area (Å²) >= 11 is 1.57. The van der Waals surface area contributed by atoms with Crippen molar-refractivity contribution in [1.29, 1.82) is 0 Å². The highest BCUT2D eigenvalue weighted by molar-refractivity contribution is 7.89. The van der Waals surface area contributed by atoms with Crippen molar-refractivity contribution in [3.8, 4) is 11.1 Å². The topological polar surface area (TPSA) is 72.2 Å². The lowest BCUT2D eigenvalue weighted by Crippen LogP contribution is -2.18. The van der Waals surface area contributed by atoms with Gasteiger partial charge in [-0.1, -0.05) is 6.07 Å². The summed E-state index contributed by atoms with van der Waals surface area (Å²) < 4.78 is 25.4. The Labute approximate surface area is 104 Å². The fourth-order valence-corrected chi connectivity index (χ4v) is 2.93. The van der Waals surface area contributed by atoms with Crippen LogP contribution in [0.2, 0.25) is 0 Å². The molecule has 3 N–H and O–H groups in total. The molecule has 0 aliphatic heterocycles. The summed E-state index contributed by atoms with van der Waals surface area (Å²) in [6.07, 6.45) is 0. The zero-order valence-electron chi connectivity index (χ0n) is 9.17. The highest BCUT2D eigenvalue weighted by atomic mass is 32.2. The number of hydrogen-bond donors (Lipinski definition) is 2. The van der Waals surface area contributed by atoms with Gasteiger partial charge in [0.05, 0.1) is 4.90 Å². The standard InChI is InChI=1S/C11H12N2O2S2/c1-13-17(14,15)9-2-3-10(11(12)6-9)8-4-5-16-7-8/h2-7,13H,12H2,1H3. The molecule has 0 aliphatic rings. The first-order valence-corrected chi connectivity index (χ1v) is 7.33. The van der Waals surface area contributed by atoms with Gasteiger partial charge in [0.2, 0.25) is 10.0 Å². The second kappa shape index (κ2) is 4.48. The van der Waals surface area contributed by atoms with E-state index in [1.807, 2.05) is 16.8 Å². The van der Waals surface area contributed by atoms with Crippen LogP contribution in [0.1, 0.15) is 0 Å². The number of benzene rings is 1. The molecule has 2 rings (SSSR count). The summed E-state index contributed by atoms with van der Waals surface area (Å²) in [5.74, 6) is 0. The molecule has 2 aromatic rings. The molecular weight excluding hydrogens is 256 g/mol. The van der Waals surface area contributed by atoms with Gasteiger partial charge in [-0.2, -0.15) is 11.3 Å². The van der Waals surface area contributed by atoms with Crippen LogP contribution in [-0.2, 0) is 10.0 Å². The maximum Gasteiger partial charge on any atom is 0.240 e. The highest BCUT2D eigenvalue weighted by Gasteiger charge is 2.13. The van der Waals surface area contributed by atoms with Crippen LogP contribution in [0.5, 0.6) is 0 Å². The molecule has 1 aromatic carbocycles. The van der Waals surface area contributed by atoms with Gasteiger partial charge in [0.1, 0.15) is 0 Å². The zero-order chi connectivity index (χ0) is 12.5. The van der Waals surface area contributed by atoms with Gasteiger partial charge >= 0.3 is 0 Å². The Morgan fingerprint density at radius 2 is 2.06 bits per heavy atom. The average Bonchev–Trinajstić information content (AvgIpc) is 2.82. The number of rotatable bonds is 3. The van der Waals surface area contributed by atoms with E-state index in [0.29, 0.717) is 5.69 Å². The van der Waals surface area contributed by atoms with E-state index in [-0.39, 0.29) is 4.90 Å². The molecule has 1 heterocycles. The maximum absolute atomic E-state index is 11.6. The minimum absolute atomic E-state index is 0.177. The lowest BCUT2D eigenvalue weighted by atomic mass is 10.1. The van der Waals surface area contributed by atoms with Gasteiger partial charge in [-0.25, -0.2) is 13.1 Å². The fraction of sp³-hybridized carbons (Fsp3) is 0.0909. The number of sulfonamides is 1. The molecule has 17 heavy (non-hydrogen) atoms. The lowest BCUT2D eigenvalue weighted by molar-refractivity contribution is 0.588. The van der Waals surface area contributed by atoms with Crippen molar-refractivity contribution >= 4 is 27.0 Å². The Kier molecular flexibility index (Phi) is 3.19. The first kappa shape index (κ1) is 12.1. The van der Waals surface area contributed by atoms with Crippen molar-refractivity contribution in [1.82, 2.24) is 4.72 Å². The van der Waals surface area contributed by atoms with E-state index in [9.17, 15) is 8.42 Å². The SMILES string of the molecule is CNS(=O)(=O)c1ccc(-c2ccsc2)c(N)c1. The number of hydrogen-bond acceptors (Lipinski definition) is 4. The Morgan fingerprint density at radius 3 is 2.59 bits per heavy atom. The Bertz CT molecular complexity index is 619. The Morgan fingerprint density at radius 1 is 1.29 bits per heavy atom. The number of thiophene rings is 1. The molecule has 0 radical (unpaired) electrons. The maximum atomic E-state index is 11.6. The summed E-state index contributed by atoms with van der Waals surface area (Å²) in [5, 5.41) is 3.92. The van der Waals surface area contributed by atoms with Crippen molar-refractivity contribution in [2.45, 2.75) is 4.90 Å². The van der Waals surface area contributed by atoms with Crippen LogP contribution in [0, 0.1) is 0 Å². The summed E-state index contributed by atoms with van der Waals surface area (Å²) in [6, 6.07) is 6.69. The summed E-state index contributed by atoms with van der Waals surface area (Å²) in [6.45, 7) is 0. The van der Waals surface area contributed by atoms with E-state index in [2.05, 4.69) is 4.72 Å². The fourth-order valence-electron chi connectivity index (χ4n) is 1.51. The second-order valence-corrected chi connectivity index (χ2v) is 6.14. The van der Waals surface area contributed by atoms with Gasteiger partial charge < -0.3 is 5.73 Å². The van der Waals surface area contributed by atoms with Gasteiger partial charge in [-0.05, 0) is 41.6 Å². The van der Waals surface area contributed by atoms with Crippen LogP contribution in [0.25, 0.3) is 11.1 Å². The first-order chi connectivity index (χ1) is 8.04. The van der Waals surface area contributed by atoms with Crippen LogP contribution in [0.3, 0.4) is 0 Å². The molecule has 0 bridgehead atoms. The minimum Gasteiger partial charge on any atom is -0.398 e. The second-order valence-electron chi connectivity index (χ2n) is 3.47. The normalized spacial score (nSPS) is 11.6. The quantitative estimate of drug-likeness (QED) is 0.835. The van der Waals surface area contributed by atoms with Crippen molar-refractivity contribution in [2.75, 3.05) is 12.8 Å². The summed E-state index contributed by atoms with van der Waals surface area (Å²) in [7, 11) is -2.06. The largest absolute Gasteiger partial charge is 0.398 e. The monoisotopic (exact) mass is 268 g/mol. The molecule has 0 atom stereocenters. The first-order valence-electron chi connectivity index (χ1n) is 4.90. The summed E-state index contributed by atoms with van der Waals surface area (Å²) in [4.78, 5) is 0.177. The van der Waals surface area contributed by atoms with Crippen LogP contribution >= 0.6 is 11.3 Å². The third-order valence-electron chi connectivity index (χ3n) is 2.43. The molecule has 0 saturated heterocycles. The molecule has 0 spiro atoms. The van der Waals surface area contributed by atoms with E-state index in [1.54, 1.807) is 23.5 Å². The van der Waals surface area contributed by atoms with Crippen molar-refractivity contribution < 1.29 is 8.42 Å². The molecule has 4 nitrogen and oxygen atoms in total. The van der Waals surface area contributed by atoms with Gasteiger partial charge in [-0.3, -0.25) is 0 Å². The molecule has 0 unspecified atom stereocenters. The van der Waals surface area contributed by atoms with Gasteiger partial charge in [-0.15, -0.1) is 0 Å². The minimum atomic E-state index is -3.43. The van der Waals surface area contributed by atoms with Gasteiger partial charge in [0, 0.05) is 11.3 Å². The zero-order valence-corrected chi connectivity index (χ0v) is 10.8. The van der Waals surface area contributed by atoms with E-state index in [4.69, 9.17) is 5.73 Å². The number of nitrogen functional groups attached to an aromatic ring is 1.